The summed E-state index contributed by atoms with van der Waals surface area (Å²) in [5.74, 6) is -2.14. The number of carbonyl (C=O) groups excluding carboxylic acids is 3. The predicted molar refractivity (Wildman–Crippen MR) is 103 cm³/mol. The number of hydrogen-bond donors (Lipinski definition) is 2. The summed E-state index contributed by atoms with van der Waals surface area (Å²) < 4.78 is 25.6. The number of benzene rings is 1. The Morgan fingerprint density at radius 3 is 2.55 bits per heavy atom. The van der Waals surface area contributed by atoms with Crippen LogP contribution in [0.1, 0.15) is 45.1 Å². The molecule has 2 aliphatic heterocycles. The lowest BCUT2D eigenvalue weighted by Gasteiger charge is -2.42. The summed E-state index contributed by atoms with van der Waals surface area (Å²) in [6.45, 7) is 6.33. The van der Waals surface area contributed by atoms with Crippen LogP contribution in [0.4, 0.5) is 14.9 Å². The van der Waals surface area contributed by atoms with E-state index in [-0.39, 0.29) is 36.1 Å². The van der Waals surface area contributed by atoms with Gasteiger partial charge < -0.3 is 19.7 Å². The van der Waals surface area contributed by atoms with Crippen molar-refractivity contribution in [1.82, 2.24) is 10.6 Å². The summed E-state index contributed by atoms with van der Waals surface area (Å²) >= 11 is 0. The summed E-state index contributed by atoms with van der Waals surface area (Å²) in [6.07, 6.45) is -0.0618. The van der Waals surface area contributed by atoms with Gasteiger partial charge in [0.2, 0.25) is 11.8 Å². The zero-order valence-corrected chi connectivity index (χ0v) is 17.0. The number of piperidine rings is 1. The number of alkyl carbamates (subject to hydrolysis) is 1. The van der Waals surface area contributed by atoms with Crippen LogP contribution in [0.3, 0.4) is 0 Å². The lowest BCUT2D eigenvalue weighted by molar-refractivity contribution is -0.134. The Hall–Kier alpha value is -2.84. The molecule has 1 unspecified atom stereocenters. The summed E-state index contributed by atoms with van der Waals surface area (Å²) in [5, 5.41) is 5.02. The van der Waals surface area contributed by atoms with E-state index in [1.807, 2.05) is 4.90 Å². The summed E-state index contributed by atoms with van der Waals surface area (Å²) in [7, 11) is 1.37. The molecular weight excluding hydrogens is 381 g/mol. The molecule has 29 heavy (non-hydrogen) atoms. The second kappa shape index (κ2) is 7.88. The minimum Gasteiger partial charge on any atom is -0.492 e. The molecule has 0 aromatic heterocycles. The highest BCUT2D eigenvalue weighted by atomic mass is 19.1. The van der Waals surface area contributed by atoms with Gasteiger partial charge in [0.1, 0.15) is 5.60 Å². The number of carbonyl (C=O) groups is 3. The van der Waals surface area contributed by atoms with Crippen molar-refractivity contribution >= 4 is 23.6 Å². The predicted octanol–water partition coefficient (Wildman–Crippen LogP) is 2.07. The molecular formula is C20H26FN3O5. The molecule has 3 amide bonds. The molecule has 2 saturated heterocycles. The molecule has 158 valence electrons. The van der Waals surface area contributed by atoms with Gasteiger partial charge in [-0.25, -0.2) is 9.18 Å². The van der Waals surface area contributed by atoms with E-state index in [2.05, 4.69) is 10.6 Å². The highest BCUT2D eigenvalue weighted by Crippen LogP contribution is 2.39. The standard InChI is InChI=1S/C20H26FN3O5/c1-20(2,3)29-19(27)22-11-9-24(10-11)14-7-5-12(16(21)17(14)28-4)13-6-8-15(25)23-18(13)26/h5,7,11,13H,6,8-10H2,1-4H3,(H,22,27)(H,23,25,26). The lowest BCUT2D eigenvalue weighted by atomic mass is 9.89. The largest absolute Gasteiger partial charge is 0.492 e. The van der Waals surface area contributed by atoms with Crippen LogP contribution in [-0.4, -0.2) is 49.7 Å². The van der Waals surface area contributed by atoms with Gasteiger partial charge in [-0.3, -0.25) is 14.9 Å². The third-order valence-corrected chi connectivity index (χ3v) is 4.87. The van der Waals surface area contributed by atoms with Gasteiger partial charge in [0.15, 0.2) is 11.6 Å². The van der Waals surface area contributed by atoms with Crippen LogP contribution in [0.5, 0.6) is 5.75 Å². The summed E-state index contributed by atoms with van der Waals surface area (Å²) in [6, 6.07) is 3.14. The smallest absolute Gasteiger partial charge is 0.407 e. The highest BCUT2D eigenvalue weighted by Gasteiger charge is 2.35. The van der Waals surface area contributed by atoms with E-state index in [1.165, 1.54) is 7.11 Å². The number of nitrogens with zero attached hydrogens (tertiary/aromatic N) is 1. The van der Waals surface area contributed by atoms with Crippen molar-refractivity contribution in [1.29, 1.82) is 0 Å². The van der Waals surface area contributed by atoms with E-state index in [0.29, 0.717) is 18.8 Å². The number of hydrogen-bond acceptors (Lipinski definition) is 6. The SMILES string of the molecule is COc1c(N2CC(NC(=O)OC(C)(C)C)C2)ccc(C2CCC(=O)NC2=O)c1F. The topological polar surface area (TPSA) is 97.0 Å². The maximum atomic E-state index is 15.1. The Bertz CT molecular complexity index is 830. The number of nitrogens with one attached hydrogen (secondary N) is 2. The number of methoxy groups -OCH3 is 1. The van der Waals surface area contributed by atoms with Gasteiger partial charge >= 0.3 is 6.09 Å². The second-order valence-electron chi connectivity index (χ2n) is 8.27. The number of amides is 3. The molecule has 0 saturated carbocycles. The number of imide groups is 1. The summed E-state index contributed by atoms with van der Waals surface area (Å²) in [5.41, 5.74) is 0.175. The van der Waals surface area contributed by atoms with E-state index < -0.39 is 29.3 Å². The van der Waals surface area contributed by atoms with E-state index in [4.69, 9.17) is 9.47 Å². The van der Waals surface area contributed by atoms with Crippen LogP contribution >= 0.6 is 0 Å². The molecule has 9 heteroatoms. The van der Waals surface area contributed by atoms with Crippen LogP contribution < -0.4 is 20.3 Å². The second-order valence-corrected chi connectivity index (χ2v) is 8.27. The van der Waals surface area contributed by atoms with Gasteiger partial charge in [-0.05, 0) is 33.3 Å². The van der Waals surface area contributed by atoms with Crippen molar-refractivity contribution in [2.24, 2.45) is 0 Å². The van der Waals surface area contributed by atoms with Crippen LogP contribution in [0.15, 0.2) is 12.1 Å². The molecule has 1 atom stereocenters. The molecule has 1 aromatic rings. The molecule has 2 N–H and O–H groups in total. The highest BCUT2D eigenvalue weighted by molar-refractivity contribution is 6.01. The Balaban J connectivity index is 1.69. The van der Waals surface area contributed by atoms with Crippen molar-refractivity contribution in [2.75, 3.05) is 25.1 Å². The average molecular weight is 407 g/mol. The Kier molecular flexibility index (Phi) is 5.68. The van der Waals surface area contributed by atoms with Crippen molar-refractivity contribution in [3.63, 3.8) is 0 Å². The van der Waals surface area contributed by atoms with Crippen LogP contribution in [0.2, 0.25) is 0 Å². The minimum absolute atomic E-state index is 0.0444. The first-order valence-electron chi connectivity index (χ1n) is 9.53. The number of rotatable bonds is 4. The number of anilines is 1. The fourth-order valence-electron chi connectivity index (χ4n) is 3.50. The van der Waals surface area contributed by atoms with Crippen LogP contribution in [0.25, 0.3) is 0 Å². The van der Waals surface area contributed by atoms with Crippen molar-refractivity contribution in [3.05, 3.63) is 23.5 Å². The van der Waals surface area contributed by atoms with Gasteiger partial charge in [0.25, 0.3) is 0 Å². The quantitative estimate of drug-likeness (QED) is 0.742. The third-order valence-electron chi connectivity index (χ3n) is 4.87. The van der Waals surface area contributed by atoms with Crippen molar-refractivity contribution in [3.8, 4) is 5.75 Å². The molecule has 2 fully saturated rings. The van der Waals surface area contributed by atoms with Crippen LogP contribution in [-0.2, 0) is 14.3 Å². The lowest BCUT2D eigenvalue weighted by Crippen LogP contribution is -2.60. The zero-order valence-electron chi connectivity index (χ0n) is 17.0. The average Bonchev–Trinajstić information content (AvgIpc) is 2.57. The minimum atomic E-state index is -0.728. The van der Waals surface area contributed by atoms with Crippen LogP contribution in [0, 0.1) is 5.82 Å². The molecule has 2 aliphatic rings. The molecule has 0 radical (unpaired) electrons. The molecule has 8 nitrogen and oxygen atoms in total. The zero-order chi connectivity index (χ0) is 21.3. The fourth-order valence-corrected chi connectivity index (χ4v) is 3.50. The molecule has 0 spiro atoms. The molecule has 3 rings (SSSR count). The Morgan fingerprint density at radius 2 is 1.97 bits per heavy atom. The maximum Gasteiger partial charge on any atom is 0.407 e. The number of halogens is 1. The number of ether oxygens (including phenoxy) is 2. The normalized spacial score (nSPS) is 20.0. The van der Waals surface area contributed by atoms with Gasteiger partial charge in [-0.15, -0.1) is 0 Å². The third kappa shape index (κ3) is 4.60. The van der Waals surface area contributed by atoms with Crippen molar-refractivity contribution < 1.29 is 28.2 Å². The van der Waals surface area contributed by atoms with E-state index >= 15 is 4.39 Å². The fraction of sp³-hybridized carbons (Fsp3) is 0.550. The first kappa shape index (κ1) is 20.9. The van der Waals surface area contributed by atoms with Gasteiger partial charge in [0.05, 0.1) is 24.8 Å². The Labute approximate surface area is 168 Å². The van der Waals surface area contributed by atoms with E-state index in [0.717, 1.165) is 0 Å². The molecule has 0 bridgehead atoms. The summed E-state index contributed by atoms with van der Waals surface area (Å²) in [4.78, 5) is 37.2. The van der Waals surface area contributed by atoms with Gasteiger partial charge in [-0.1, -0.05) is 6.07 Å². The van der Waals surface area contributed by atoms with Gasteiger partial charge in [0, 0.05) is 25.1 Å². The maximum absolute atomic E-state index is 15.1. The van der Waals surface area contributed by atoms with E-state index in [9.17, 15) is 14.4 Å². The molecule has 0 aliphatic carbocycles. The van der Waals surface area contributed by atoms with Crippen molar-refractivity contribution in [2.45, 2.75) is 51.2 Å². The van der Waals surface area contributed by atoms with E-state index in [1.54, 1.807) is 32.9 Å². The first-order chi connectivity index (χ1) is 13.6. The Morgan fingerprint density at radius 1 is 1.28 bits per heavy atom. The molecule has 1 aromatic carbocycles. The first-order valence-corrected chi connectivity index (χ1v) is 9.53. The monoisotopic (exact) mass is 407 g/mol. The van der Waals surface area contributed by atoms with Gasteiger partial charge in [-0.2, -0.15) is 0 Å². The molecule has 2 heterocycles.